The minimum absolute atomic E-state index is 0.769. The van der Waals surface area contributed by atoms with Gasteiger partial charge in [-0.05, 0) is 54.4 Å². The minimum atomic E-state index is 0.769. The molecule has 0 radical (unpaired) electrons. The van der Waals surface area contributed by atoms with Gasteiger partial charge in [-0.1, -0.05) is 12.1 Å². The fraction of sp³-hybridized carbons (Fsp3) is 0.286. The first kappa shape index (κ1) is 13.0. The molecule has 0 N–H and O–H groups in total. The quantitative estimate of drug-likeness (QED) is 0.802. The minimum Gasteiger partial charge on any atom is -0.327 e. The molecule has 0 bridgehead atoms. The molecule has 0 fully saturated rings. The summed E-state index contributed by atoms with van der Waals surface area (Å²) in [4.78, 5) is 10.9. The highest BCUT2D eigenvalue weighted by atomic mass is 79.9. The van der Waals surface area contributed by atoms with Crippen LogP contribution in [-0.4, -0.2) is 16.5 Å². The summed E-state index contributed by atoms with van der Waals surface area (Å²) in [5.74, 6) is 1.69. The molecule has 0 aliphatic carbocycles. The van der Waals surface area contributed by atoms with Gasteiger partial charge in [-0.15, -0.1) is 0 Å². The summed E-state index contributed by atoms with van der Waals surface area (Å²) in [6, 6.07) is 10.4. The molecule has 1 heterocycles. The lowest BCUT2D eigenvalue weighted by atomic mass is 10.2. The topological polar surface area (TPSA) is 29.0 Å². The van der Waals surface area contributed by atoms with Crippen molar-refractivity contribution in [1.82, 2.24) is 9.97 Å². The summed E-state index contributed by atoms with van der Waals surface area (Å²) in [7, 11) is 0. The van der Waals surface area contributed by atoms with Gasteiger partial charge in [0.1, 0.15) is 16.2 Å². The lowest BCUT2D eigenvalue weighted by molar-refractivity contribution is 0.943. The highest BCUT2D eigenvalue weighted by Gasteiger charge is 2.10. The highest BCUT2D eigenvalue weighted by molar-refractivity contribution is 9.10. The van der Waals surface area contributed by atoms with Crippen molar-refractivity contribution in [3.63, 3.8) is 0 Å². The second-order valence-corrected chi connectivity index (χ2v) is 4.99. The van der Waals surface area contributed by atoms with Gasteiger partial charge in [-0.3, -0.25) is 0 Å². The molecule has 1 aromatic heterocycles. The molecule has 3 nitrogen and oxygen atoms in total. The lowest BCUT2D eigenvalue weighted by Gasteiger charge is -2.22. The van der Waals surface area contributed by atoms with Crippen LogP contribution in [0.1, 0.15) is 18.3 Å². The average Bonchev–Trinajstić information content (AvgIpc) is 2.28. The molecule has 2 aromatic rings. The maximum atomic E-state index is 4.50. The van der Waals surface area contributed by atoms with Gasteiger partial charge in [-0.2, -0.15) is 0 Å². The van der Waals surface area contributed by atoms with E-state index in [-0.39, 0.29) is 0 Å². The number of rotatable bonds is 3. The van der Waals surface area contributed by atoms with E-state index in [1.54, 1.807) is 0 Å². The Morgan fingerprint density at radius 3 is 2.56 bits per heavy atom. The summed E-state index contributed by atoms with van der Waals surface area (Å²) < 4.78 is 0.816. The smallest absolute Gasteiger partial charge is 0.137 e. The van der Waals surface area contributed by atoms with E-state index in [0.717, 1.165) is 28.5 Å². The second-order valence-electron chi connectivity index (χ2n) is 4.18. The number of hydrogen-bond donors (Lipinski definition) is 0. The number of benzene rings is 1. The predicted molar refractivity (Wildman–Crippen MR) is 78.3 cm³/mol. The third kappa shape index (κ3) is 2.88. The van der Waals surface area contributed by atoms with Crippen molar-refractivity contribution < 1.29 is 0 Å². The third-order valence-electron chi connectivity index (χ3n) is 2.70. The highest BCUT2D eigenvalue weighted by Crippen LogP contribution is 2.25. The van der Waals surface area contributed by atoms with E-state index in [0.29, 0.717) is 0 Å². The predicted octanol–water partition coefficient (Wildman–Crippen LogP) is 4.01. The fourth-order valence-electron chi connectivity index (χ4n) is 1.93. The van der Waals surface area contributed by atoms with E-state index < -0.39 is 0 Å². The molecule has 2 rings (SSSR count). The van der Waals surface area contributed by atoms with Gasteiger partial charge in [0.25, 0.3) is 0 Å². The van der Waals surface area contributed by atoms with Crippen molar-refractivity contribution in [2.45, 2.75) is 20.8 Å². The summed E-state index contributed by atoms with van der Waals surface area (Å²) >= 11 is 3.42. The zero-order valence-corrected chi connectivity index (χ0v) is 12.4. The molecule has 0 aliphatic rings. The van der Waals surface area contributed by atoms with Crippen molar-refractivity contribution in [1.29, 1.82) is 0 Å². The summed E-state index contributed by atoms with van der Waals surface area (Å²) in [5.41, 5.74) is 2.40. The number of aromatic nitrogens is 2. The Morgan fingerprint density at radius 1 is 1.17 bits per heavy atom. The first-order valence-electron chi connectivity index (χ1n) is 5.95. The van der Waals surface area contributed by atoms with Gasteiger partial charge >= 0.3 is 0 Å². The lowest BCUT2D eigenvalue weighted by Crippen LogP contribution is -2.18. The Morgan fingerprint density at radius 2 is 1.94 bits per heavy atom. The standard InChI is InChI=1S/C14H16BrN3/c1-4-18(12-7-5-6-10(2)8-12)14-9-13(15)16-11(3)17-14/h5-9H,4H2,1-3H3. The van der Waals surface area contributed by atoms with Crippen LogP contribution in [0.15, 0.2) is 34.9 Å². The van der Waals surface area contributed by atoms with Crippen LogP contribution in [0.4, 0.5) is 11.5 Å². The Kier molecular flexibility index (Phi) is 3.97. The average molecular weight is 306 g/mol. The van der Waals surface area contributed by atoms with Crippen LogP contribution in [0.2, 0.25) is 0 Å². The van der Waals surface area contributed by atoms with E-state index in [9.17, 15) is 0 Å². The van der Waals surface area contributed by atoms with E-state index >= 15 is 0 Å². The van der Waals surface area contributed by atoms with Crippen molar-refractivity contribution >= 4 is 27.4 Å². The van der Waals surface area contributed by atoms with E-state index in [4.69, 9.17) is 0 Å². The molecule has 0 saturated heterocycles. The van der Waals surface area contributed by atoms with Crippen LogP contribution in [0, 0.1) is 13.8 Å². The normalized spacial score (nSPS) is 10.4. The van der Waals surface area contributed by atoms with Crippen molar-refractivity contribution in [3.8, 4) is 0 Å². The summed E-state index contributed by atoms with van der Waals surface area (Å²) in [5, 5.41) is 0. The molecule has 0 spiro atoms. The molecule has 4 heteroatoms. The van der Waals surface area contributed by atoms with E-state index in [1.165, 1.54) is 5.56 Å². The summed E-state index contributed by atoms with van der Waals surface area (Å²) in [6.45, 7) is 6.98. The van der Waals surface area contributed by atoms with Crippen LogP contribution < -0.4 is 4.90 Å². The second kappa shape index (κ2) is 5.48. The van der Waals surface area contributed by atoms with Crippen molar-refractivity contribution in [2.75, 3.05) is 11.4 Å². The maximum absolute atomic E-state index is 4.50. The largest absolute Gasteiger partial charge is 0.327 e. The zero-order chi connectivity index (χ0) is 13.1. The van der Waals surface area contributed by atoms with Gasteiger partial charge in [-0.25, -0.2) is 9.97 Å². The molecule has 0 amide bonds. The number of aryl methyl sites for hydroxylation is 2. The van der Waals surface area contributed by atoms with Crippen LogP contribution in [0.5, 0.6) is 0 Å². The maximum Gasteiger partial charge on any atom is 0.137 e. The molecule has 94 valence electrons. The monoisotopic (exact) mass is 305 g/mol. The Hall–Kier alpha value is -1.42. The summed E-state index contributed by atoms with van der Waals surface area (Å²) in [6.07, 6.45) is 0. The number of halogens is 1. The van der Waals surface area contributed by atoms with Crippen LogP contribution in [0.25, 0.3) is 0 Å². The first-order chi connectivity index (χ1) is 8.60. The van der Waals surface area contributed by atoms with Crippen LogP contribution in [-0.2, 0) is 0 Å². The Bertz CT molecular complexity index is 534. The first-order valence-corrected chi connectivity index (χ1v) is 6.75. The van der Waals surface area contributed by atoms with Crippen molar-refractivity contribution in [2.24, 2.45) is 0 Å². The molecule has 0 aliphatic heterocycles. The van der Waals surface area contributed by atoms with Gasteiger partial charge in [0.15, 0.2) is 0 Å². The molecule has 1 aromatic carbocycles. The van der Waals surface area contributed by atoms with Gasteiger partial charge in [0.2, 0.25) is 0 Å². The zero-order valence-electron chi connectivity index (χ0n) is 10.8. The Labute approximate surface area is 116 Å². The number of anilines is 2. The van der Waals surface area contributed by atoms with Gasteiger partial charge < -0.3 is 4.90 Å². The van der Waals surface area contributed by atoms with Gasteiger partial charge in [0.05, 0.1) is 0 Å². The number of nitrogens with zero attached hydrogens (tertiary/aromatic N) is 3. The SMILES string of the molecule is CCN(c1cccc(C)c1)c1cc(Br)nc(C)n1. The fourth-order valence-corrected chi connectivity index (χ4v) is 2.39. The molecule has 0 saturated carbocycles. The molecule has 0 atom stereocenters. The van der Waals surface area contributed by atoms with E-state index in [1.807, 2.05) is 13.0 Å². The number of hydrogen-bond acceptors (Lipinski definition) is 3. The third-order valence-corrected chi connectivity index (χ3v) is 3.11. The molecular weight excluding hydrogens is 290 g/mol. The van der Waals surface area contributed by atoms with Gasteiger partial charge in [0, 0.05) is 18.3 Å². The van der Waals surface area contributed by atoms with E-state index in [2.05, 4.69) is 68.9 Å². The Balaban J connectivity index is 2.45. The molecule has 18 heavy (non-hydrogen) atoms. The molecule has 0 unspecified atom stereocenters. The van der Waals surface area contributed by atoms with Crippen molar-refractivity contribution in [3.05, 3.63) is 46.3 Å². The molecular formula is C14H16BrN3. The van der Waals surface area contributed by atoms with Crippen LogP contribution in [0.3, 0.4) is 0 Å². The van der Waals surface area contributed by atoms with Crippen LogP contribution >= 0.6 is 15.9 Å².